The van der Waals surface area contributed by atoms with E-state index < -0.39 is 5.60 Å². The third-order valence-corrected chi connectivity index (χ3v) is 4.68. The molecular weight excluding hydrogens is 218 g/mol. The number of aliphatic hydroxyl groups is 1. The molecule has 88 valence electrons. The van der Waals surface area contributed by atoms with Crippen LogP contribution in [0.3, 0.4) is 0 Å². The zero-order valence-electron chi connectivity index (χ0n) is 9.65. The van der Waals surface area contributed by atoms with Crippen molar-refractivity contribution < 1.29 is 5.11 Å². The molecule has 0 bridgehead atoms. The molecule has 1 aromatic rings. The van der Waals surface area contributed by atoms with E-state index in [4.69, 9.17) is 5.73 Å². The third-order valence-electron chi connectivity index (χ3n) is 3.46. The van der Waals surface area contributed by atoms with Gasteiger partial charge in [-0.3, -0.25) is 0 Å². The van der Waals surface area contributed by atoms with Gasteiger partial charge in [0.25, 0.3) is 0 Å². The van der Waals surface area contributed by atoms with Gasteiger partial charge in [0.2, 0.25) is 0 Å². The van der Waals surface area contributed by atoms with Crippen molar-refractivity contribution in [2.24, 2.45) is 5.92 Å². The van der Waals surface area contributed by atoms with E-state index in [-0.39, 0.29) is 0 Å². The monoisotopic (exact) mass is 237 g/mol. The molecule has 0 aliphatic carbocycles. The topological polar surface area (TPSA) is 46.2 Å². The normalized spacial score (nSPS) is 25.0. The van der Waals surface area contributed by atoms with Crippen molar-refractivity contribution in [3.05, 3.63) is 29.8 Å². The van der Waals surface area contributed by atoms with Gasteiger partial charge in [0, 0.05) is 17.2 Å². The van der Waals surface area contributed by atoms with Gasteiger partial charge >= 0.3 is 0 Å². The van der Waals surface area contributed by atoms with Crippen LogP contribution in [-0.2, 0) is 5.60 Å². The van der Waals surface area contributed by atoms with E-state index in [1.807, 2.05) is 43.0 Å². The van der Waals surface area contributed by atoms with E-state index in [1.165, 1.54) is 12.2 Å². The Hall–Kier alpha value is -0.670. The third kappa shape index (κ3) is 2.20. The molecule has 3 N–H and O–H groups in total. The fraction of sp³-hybridized carbons (Fsp3) is 0.538. The van der Waals surface area contributed by atoms with E-state index in [2.05, 4.69) is 0 Å². The molecule has 1 heterocycles. The van der Waals surface area contributed by atoms with Gasteiger partial charge in [-0.25, -0.2) is 0 Å². The number of rotatable bonds is 2. The highest BCUT2D eigenvalue weighted by Gasteiger charge is 2.35. The summed E-state index contributed by atoms with van der Waals surface area (Å²) in [4.78, 5) is 0. The molecule has 1 aromatic carbocycles. The Bertz CT molecular complexity index is 359. The van der Waals surface area contributed by atoms with Crippen molar-refractivity contribution in [3.63, 3.8) is 0 Å². The van der Waals surface area contributed by atoms with Gasteiger partial charge in [0.15, 0.2) is 0 Å². The number of hydrogen-bond donors (Lipinski definition) is 2. The first-order chi connectivity index (χ1) is 7.62. The van der Waals surface area contributed by atoms with Crippen LogP contribution in [0.25, 0.3) is 0 Å². The highest BCUT2D eigenvalue weighted by molar-refractivity contribution is 7.99. The second kappa shape index (κ2) is 4.68. The molecule has 2 rings (SSSR count). The van der Waals surface area contributed by atoms with Crippen LogP contribution in [0.2, 0.25) is 0 Å². The van der Waals surface area contributed by atoms with Crippen molar-refractivity contribution in [1.29, 1.82) is 0 Å². The Labute approximate surface area is 101 Å². The van der Waals surface area contributed by atoms with Crippen molar-refractivity contribution in [1.82, 2.24) is 0 Å². The van der Waals surface area contributed by atoms with Gasteiger partial charge in [-0.05, 0) is 37.3 Å². The predicted octanol–water partition coefficient (Wildman–Crippen LogP) is 2.62. The molecule has 1 aliphatic rings. The summed E-state index contributed by atoms with van der Waals surface area (Å²) >= 11 is 1.93. The Morgan fingerprint density at radius 3 is 2.81 bits per heavy atom. The summed E-state index contributed by atoms with van der Waals surface area (Å²) in [6.07, 6.45) is 2.28. The Morgan fingerprint density at radius 1 is 1.44 bits per heavy atom. The number of anilines is 1. The smallest absolute Gasteiger partial charge is 0.0924 e. The zero-order valence-corrected chi connectivity index (χ0v) is 10.5. The van der Waals surface area contributed by atoms with Crippen LogP contribution in [0.5, 0.6) is 0 Å². The standard InChI is InChI=1S/C13H19NOS/c1-13(15,10-5-4-8-16-9-10)11-6-2-3-7-12(11)14/h2-3,6-7,10,15H,4-5,8-9,14H2,1H3. The van der Waals surface area contributed by atoms with E-state index in [0.717, 1.165) is 17.7 Å². The number of nitrogens with two attached hydrogens (primary N) is 1. The molecular formula is C13H19NOS. The molecule has 1 aliphatic heterocycles. The van der Waals surface area contributed by atoms with Crippen LogP contribution in [0.4, 0.5) is 5.69 Å². The lowest BCUT2D eigenvalue weighted by Gasteiger charge is -2.36. The largest absolute Gasteiger partial charge is 0.398 e. The Kier molecular flexibility index (Phi) is 3.45. The Morgan fingerprint density at radius 2 is 2.19 bits per heavy atom. The van der Waals surface area contributed by atoms with Crippen LogP contribution in [0.15, 0.2) is 24.3 Å². The van der Waals surface area contributed by atoms with Gasteiger partial charge in [-0.15, -0.1) is 0 Å². The van der Waals surface area contributed by atoms with Crippen LogP contribution >= 0.6 is 11.8 Å². The van der Waals surface area contributed by atoms with Crippen LogP contribution in [-0.4, -0.2) is 16.6 Å². The molecule has 2 nitrogen and oxygen atoms in total. The van der Waals surface area contributed by atoms with Gasteiger partial charge in [-0.1, -0.05) is 18.2 Å². The molecule has 3 heteroatoms. The summed E-state index contributed by atoms with van der Waals surface area (Å²) < 4.78 is 0. The van der Waals surface area contributed by atoms with Gasteiger partial charge < -0.3 is 10.8 Å². The maximum atomic E-state index is 10.7. The summed E-state index contributed by atoms with van der Waals surface area (Å²) in [6.45, 7) is 1.90. The first kappa shape index (κ1) is 11.8. The summed E-state index contributed by atoms with van der Waals surface area (Å²) in [5.41, 5.74) is 6.73. The highest BCUT2D eigenvalue weighted by atomic mass is 32.2. The van der Waals surface area contributed by atoms with Crippen LogP contribution in [0.1, 0.15) is 25.3 Å². The molecule has 0 spiro atoms. The maximum absolute atomic E-state index is 10.7. The molecule has 0 saturated carbocycles. The van der Waals surface area contributed by atoms with Crippen molar-refractivity contribution in [2.75, 3.05) is 17.2 Å². The summed E-state index contributed by atoms with van der Waals surface area (Å²) in [5, 5.41) is 10.7. The van der Waals surface area contributed by atoms with E-state index in [1.54, 1.807) is 0 Å². The van der Waals surface area contributed by atoms with Crippen LogP contribution in [0, 0.1) is 5.92 Å². The summed E-state index contributed by atoms with van der Waals surface area (Å²) in [7, 11) is 0. The average Bonchev–Trinajstić information content (AvgIpc) is 2.30. The second-order valence-electron chi connectivity index (χ2n) is 4.65. The van der Waals surface area contributed by atoms with Crippen LogP contribution < -0.4 is 5.73 Å². The molecule has 1 saturated heterocycles. The molecule has 16 heavy (non-hydrogen) atoms. The predicted molar refractivity (Wildman–Crippen MR) is 70.5 cm³/mol. The number of para-hydroxylation sites is 1. The van der Waals surface area contributed by atoms with Crippen molar-refractivity contribution in [3.8, 4) is 0 Å². The number of hydrogen-bond acceptors (Lipinski definition) is 3. The summed E-state index contributed by atoms with van der Waals surface area (Å²) in [6, 6.07) is 7.65. The Balaban J connectivity index is 2.26. The average molecular weight is 237 g/mol. The highest BCUT2D eigenvalue weighted by Crippen LogP contribution is 2.39. The molecule has 0 amide bonds. The fourth-order valence-corrected chi connectivity index (χ4v) is 3.68. The second-order valence-corrected chi connectivity index (χ2v) is 5.80. The minimum atomic E-state index is -0.793. The van der Waals surface area contributed by atoms with E-state index >= 15 is 0 Å². The van der Waals surface area contributed by atoms with Gasteiger partial charge in [0.1, 0.15) is 0 Å². The molecule has 2 atom stereocenters. The lowest BCUT2D eigenvalue weighted by molar-refractivity contribution is -0.000350. The lowest BCUT2D eigenvalue weighted by atomic mass is 9.80. The number of nitrogen functional groups attached to an aromatic ring is 1. The quantitative estimate of drug-likeness (QED) is 0.777. The van der Waals surface area contributed by atoms with E-state index in [0.29, 0.717) is 11.6 Å². The number of thioether (sulfide) groups is 1. The fourth-order valence-electron chi connectivity index (χ4n) is 2.36. The first-order valence-electron chi connectivity index (χ1n) is 5.77. The number of benzene rings is 1. The molecule has 0 radical (unpaired) electrons. The van der Waals surface area contributed by atoms with Crippen molar-refractivity contribution >= 4 is 17.4 Å². The minimum absolute atomic E-state index is 0.316. The van der Waals surface area contributed by atoms with Gasteiger partial charge in [-0.2, -0.15) is 11.8 Å². The lowest BCUT2D eigenvalue weighted by Crippen LogP contribution is -2.35. The molecule has 0 aromatic heterocycles. The molecule has 1 fully saturated rings. The van der Waals surface area contributed by atoms with Gasteiger partial charge in [0.05, 0.1) is 5.60 Å². The van der Waals surface area contributed by atoms with E-state index in [9.17, 15) is 5.11 Å². The SMILES string of the molecule is CC(O)(c1ccccc1N)C1CCCSC1. The molecule has 2 unspecified atom stereocenters. The first-order valence-corrected chi connectivity index (χ1v) is 6.93. The maximum Gasteiger partial charge on any atom is 0.0924 e. The zero-order chi connectivity index (χ0) is 11.6. The van der Waals surface area contributed by atoms with Crippen molar-refractivity contribution in [2.45, 2.75) is 25.4 Å². The summed E-state index contributed by atoms with van der Waals surface area (Å²) in [5.74, 6) is 2.56. The minimum Gasteiger partial charge on any atom is -0.398 e.